The van der Waals surface area contributed by atoms with Crippen molar-refractivity contribution in [2.75, 3.05) is 13.7 Å². The normalized spacial score (nSPS) is 19.4. The van der Waals surface area contributed by atoms with E-state index in [-0.39, 0.29) is 24.3 Å². The molecule has 0 spiro atoms. The zero-order valence-corrected chi connectivity index (χ0v) is 16.7. The van der Waals surface area contributed by atoms with Gasteiger partial charge in [0.25, 0.3) is 5.91 Å². The summed E-state index contributed by atoms with van der Waals surface area (Å²) in [6, 6.07) is 14.7. The van der Waals surface area contributed by atoms with Gasteiger partial charge in [0.15, 0.2) is 0 Å². The molecule has 1 unspecified atom stereocenters. The molecule has 3 atom stereocenters. The Morgan fingerprint density at radius 3 is 2.72 bits per heavy atom. The highest BCUT2D eigenvalue weighted by atomic mass is 19.1. The van der Waals surface area contributed by atoms with Gasteiger partial charge in [0, 0.05) is 23.7 Å². The lowest BCUT2D eigenvalue weighted by molar-refractivity contribution is 0.0958. The maximum atomic E-state index is 13.8. The molecule has 1 aliphatic carbocycles. The monoisotopic (exact) mass is 395 g/mol. The number of carbonyl (C=O) groups is 1. The van der Waals surface area contributed by atoms with Crippen molar-refractivity contribution >= 4 is 5.91 Å². The second kappa shape index (κ2) is 9.53. The van der Waals surface area contributed by atoms with Crippen LogP contribution in [0.25, 0.3) is 0 Å². The smallest absolute Gasteiger partial charge is 0.252 e. The highest BCUT2D eigenvalue weighted by Gasteiger charge is 2.27. The van der Waals surface area contributed by atoms with Crippen molar-refractivity contribution in [3.63, 3.8) is 0 Å². The molecule has 3 rings (SSSR count). The van der Waals surface area contributed by atoms with E-state index in [9.17, 15) is 9.18 Å². The molecule has 29 heavy (non-hydrogen) atoms. The number of amides is 1. The van der Waals surface area contributed by atoms with Gasteiger partial charge in [-0.05, 0) is 67.5 Å². The molecule has 0 saturated heterocycles. The van der Waals surface area contributed by atoms with E-state index in [2.05, 4.69) is 10.6 Å². The molecule has 2 N–H and O–H groups in total. The summed E-state index contributed by atoms with van der Waals surface area (Å²) in [5.74, 6) is 0.425. The van der Waals surface area contributed by atoms with Gasteiger partial charge in [-0.1, -0.05) is 12.1 Å². The lowest BCUT2D eigenvalue weighted by atomic mass is 9.96. The van der Waals surface area contributed by atoms with Gasteiger partial charge in [0.2, 0.25) is 0 Å². The van der Waals surface area contributed by atoms with Gasteiger partial charge < -0.3 is 15.4 Å². The number of rotatable bonds is 7. The minimum absolute atomic E-state index is 0.00588. The van der Waals surface area contributed by atoms with Gasteiger partial charge in [-0.2, -0.15) is 5.26 Å². The van der Waals surface area contributed by atoms with Gasteiger partial charge >= 0.3 is 0 Å². The number of ether oxygens (including phenoxy) is 1. The van der Waals surface area contributed by atoms with E-state index < -0.39 is 0 Å². The van der Waals surface area contributed by atoms with Crippen LogP contribution in [0.3, 0.4) is 0 Å². The molecule has 6 heteroatoms. The third-order valence-corrected chi connectivity index (χ3v) is 5.52. The van der Waals surface area contributed by atoms with Crippen LogP contribution in [0.2, 0.25) is 0 Å². The summed E-state index contributed by atoms with van der Waals surface area (Å²) in [6.07, 6.45) is 3.11. The second-order valence-electron chi connectivity index (χ2n) is 7.48. The van der Waals surface area contributed by atoms with Crippen LogP contribution < -0.4 is 15.4 Å². The van der Waals surface area contributed by atoms with E-state index in [4.69, 9.17) is 10.00 Å². The van der Waals surface area contributed by atoms with Crippen molar-refractivity contribution in [2.24, 2.45) is 0 Å². The SMILES string of the molecule is COc1cc(F)cc([C@@H](C)NC2CC[C@H](c3ccc(C(=O)NCC#N)cc3)C2)c1. The third-order valence-electron chi connectivity index (χ3n) is 5.52. The Hall–Kier alpha value is -2.91. The van der Waals surface area contributed by atoms with Crippen LogP contribution in [0.4, 0.5) is 4.39 Å². The molecule has 0 aliphatic heterocycles. The third kappa shape index (κ3) is 5.33. The summed E-state index contributed by atoms with van der Waals surface area (Å²) in [4.78, 5) is 11.9. The van der Waals surface area contributed by atoms with E-state index in [1.807, 2.05) is 43.3 Å². The molecular formula is C23H26FN3O2. The van der Waals surface area contributed by atoms with Crippen molar-refractivity contribution in [2.45, 2.75) is 44.2 Å². The average molecular weight is 395 g/mol. The molecule has 1 saturated carbocycles. The van der Waals surface area contributed by atoms with Crippen LogP contribution in [-0.2, 0) is 0 Å². The van der Waals surface area contributed by atoms with E-state index >= 15 is 0 Å². The number of halogens is 1. The summed E-state index contributed by atoms with van der Waals surface area (Å²) in [6.45, 7) is 2.04. The van der Waals surface area contributed by atoms with Crippen molar-refractivity contribution in [1.82, 2.24) is 10.6 Å². The molecule has 0 aromatic heterocycles. The van der Waals surface area contributed by atoms with Gasteiger partial charge in [-0.25, -0.2) is 4.39 Å². The van der Waals surface area contributed by atoms with Gasteiger partial charge in [-0.15, -0.1) is 0 Å². The quantitative estimate of drug-likeness (QED) is 0.693. The molecule has 1 fully saturated rings. The first-order valence-corrected chi connectivity index (χ1v) is 9.85. The fraction of sp³-hybridized carbons (Fsp3) is 0.391. The van der Waals surface area contributed by atoms with Crippen molar-refractivity contribution in [3.05, 3.63) is 65.0 Å². The predicted molar refractivity (Wildman–Crippen MR) is 109 cm³/mol. The number of methoxy groups -OCH3 is 1. The van der Waals surface area contributed by atoms with Crippen LogP contribution >= 0.6 is 0 Å². The topological polar surface area (TPSA) is 74.2 Å². The first-order chi connectivity index (χ1) is 14.0. The fourth-order valence-electron chi connectivity index (χ4n) is 3.97. The fourth-order valence-corrected chi connectivity index (χ4v) is 3.97. The maximum absolute atomic E-state index is 13.8. The van der Waals surface area contributed by atoms with Crippen LogP contribution in [0.1, 0.15) is 59.6 Å². The van der Waals surface area contributed by atoms with Gasteiger partial charge in [0.1, 0.15) is 18.1 Å². The zero-order chi connectivity index (χ0) is 20.8. The zero-order valence-electron chi connectivity index (χ0n) is 16.7. The van der Waals surface area contributed by atoms with Crippen molar-refractivity contribution in [1.29, 1.82) is 5.26 Å². The standard InChI is InChI=1S/C23H26FN3O2/c1-15(19-11-20(24)14-22(13-19)29-2)27-21-8-7-18(12-21)16-3-5-17(6-4-16)23(28)26-10-9-25/h3-6,11,13-15,18,21,27H,7-8,10,12H2,1-2H3,(H,26,28)/t15-,18+,21?/m1/s1. The average Bonchev–Trinajstić information content (AvgIpc) is 3.20. The van der Waals surface area contributed by atoms with Crippen LogP contribution in [0.15, 0.2) is 42.5 Å². The first-order valence-electron chi connectivity index (χ1n) is 9.85. The molecule has 0 bridgehead atoms. The molecule has 1 amide bonds. The van der Waals surface area contributed by atoms with Crippen LogP contribution in [0.5, 0.6) is 5.75 Å². The maximum Gasteiger partial charge on any atom is 0.252 e. The number of hydrogen-bond acceptors (Lipinski definition) is 4. The molecular weight excluding hydrogens is 369 g/mol. The molecule has 2 aromatic rings. The van der Waals surface area contributed by atoms with Gasteiger partial charge in [0.05, 0.1) is 13.2 Å². The number of hydrogen-bond donors (Lipinski definition) is 2. The summed E-state index contributed by atoms with van der Waals surface area (Å²) in [7, 11) is 1.54. The number of carbonyl (C=O) groups excluding carboxylic acids is 1. The van der Waals surface area contributed by atoms with E-state index in [0.29, 0.717) is 23.3 Å². The Balaban J connectivity index is 1.58. The van der Waals surface area contributed by atoms with Crippen LogP contribution in [0, 0.1) is 17.1 Å². The van der Waals surface area contributed by atoms with Crippen LogP contribution in [-0.4, -0.2) is 25.6 Å². The largest absolute Gasteiger partial charge is 0.497 e. The summed E-state index contributed by atoms with van der Waals surface area (Å²) < 4.78 is 18.9. The molecule has 152 valence electrons. The molecule has 0 heterocycles. The number of benzene rings is 2. The number of nitrogens with one attached hydrogen (secondary N) is 2. The Bertz CT molecular complexity index is 892. The highest BCUT2D eigenvalue weighted by Crippen LogP contribution is 2.35. The molecule has 1 aliphatic rings. The van der Waals surface area contributed by atoms with Crippen molar-refractivity contribution in [3.8, 4) is 11.8 Å². The summed E-state index contributed by atoms with van der Waals surface area (Å²) in [5, 5.41) is 14.7. The van der Waals surface area contributed by atoms with E-state index in [1.165, 1.54) is 18.7 Å². The molecule has 2 aromatic carbocycles. The number of nitrogens with zero attached hydrogens (tertiary/aromatic N) is 1. The lowest BCUT2D eigenvalue weighted by Crippen LogP contribution is -2.29. The second-order valence-corrected chi connectivity index (χ2v) is 7.48. The minimum atomic E-state index is -0.295. The lowest BCUT2D eigenvalue weighted by Gasteiger charge is -2.21. The Labute approximate surface area is 170 Å². The minimum Gasteiger partial charge on any atom is -0.497 e. The Morgan fingerprint density at radius 1 is 1.28 bits per heavy atom. The van der Waals surface area contributed by atoms with E-state index in [0.717, 1.165) is 24.8 Å². The summed E-state index contributed by atoms with van der Waals surface area (Å²) in [5.41, 5.74) is 2.65. The summed E-state index contributed by atoms with van der Waals surface area (Å²) >= 11 is 0. The molecule has 0 radical (unpaired) electrons. The number of nitriles is 1. The highest BCUT2D eigenvalue weighted by molar-refractivity contribution is 5.94. The predicted octanol–water partition coefficient (Wildman–Crippen LogP) is 4.07. The van der Waals surface area contributed by atoms with E-state index in [1.54, 1.807) is 6.07 Å². The first kappa shape index (κ1) is 20.8. The Morgan fingerprint density at radius 2 is 2.03 bits per heavy atom. The van der Waals surface area contributed by atoms with Crippen molar-refractivity contribution < 1.29 is 13.9 Å². The molecule has 5 nitrogen and oxygen atoms in total. The van der Waals surface area contributed by atoms with Gasteiger partial charge in [-0.3, -0.25) is 4.79 Å². The Kier molecular flexibility index (Phi) is 6.84.